The van der Waals surface area contributed by atoms with Gasteiger partial charge < -0.3 is 20.1 Å². The topological polar surface area (TPSA) is 120 Å². The number of morpholine rings is 1. The number of aliphatic carboxylic acids is 1. The summed E-state index contributed by atoms with van der Waals surface area (Å²) in [5.41, 5.74) is 0.378. The van der Waals surface area contributed by atoms with Crippen molar-refractivity contribution in [3.63, 3.8) is 0 Å². The molecule has 2 N–H and O–H groups in total. The molecule has 112 valence electrons. The van der Waals surface area contributed by atoms with Crippen LogP contribution >= 0.6 is 0 Å². The molecule has 0 spiro atoms. The molecule has 1 aromatic rings. The number of aromatic nitrogens is 2. The van der Waals surface area contributed by atoms with E-state index < -0.39 is 24.1 Å². The van der Waals surface area contributed by atoms with Gasteiger partial charge in [-0.05, 0) is 0 Å². The lowest BCUT2D eigenvalue weighted by Gasteiger charge is -2.30. The Kier molecular flexibility index (Phi) is 4.39. The number of urea groups is 1. The van der Waals surface area contributed by atoms with Crippen LogP contribution in [0, 0.1) is 11.3 Å². The van der Waals surface area contributed by atoms with E-state index in [1.54, 1.807) is 7.05 Å². The standard InChI is InChI=1S/C12H15N5O4/c1-16-6-8(5-14-16)10(11(18)19)15-12(20)17-2-3-21-9(4-13)7-17/h5-6,9-10H,2-3,7H2,1H3,(H,15,20)(H,18,19). The third-order valence-corrected chi connectivity index (χ3v) is 3.07. The van der Waals surface area contributed by atoms with Gasteiger partial charge in [0.25, 0.3) is 0 Å². The molecule has 9 nitrogen and oxygen atoms in total. The van der Waals surface area contributed by atoms with Gasteiger partial charge in [-0.3, -0.25) is 4.68 Å². The van der Waals surface area contributed by atoms with Crippen LogP contribution in [0.4, 0.5) is 4.79 Å². The monoisotopic (exact) mass is 293 g/mol. The van der Waals surface area contributed by atoms with E-state index in [4.69, 9.17) is 10.00 Å². The molecule has 0 bridgehead atoms. The number of carboxylic acids is 1. The lowest BCUT2D eigenvalue weighted by Crippen LogP contribution is -2.50. The van der Waals surface area contributed by atoms with Crippen LogP contribution in [0.15, 0.2) is 12.4 Å². The normalized spacial score (nSPS) is 19.6. The molecule has 0 saturated carbocycles. The van der Waals surface area contributed by atoms with Crippen LogP contribution in [0.3, 0.4) is 0 Å². The predicted molar refractivity (Wildman–Crippen MR) is 69.0 cm³/mol. The third-order valence-electron chi connectivity index (χ3n) is 3.07. The molecule has 1 fully saturated rings. The summed E-state index contributed by atoms with van der Waals surface area (Å²) >= 11 is 0. The van der Waals surface area contributed by atoms with Crippen LogP contribution < -0.4 is 5.32 Å². The molecular weight excluding hydrogens is 278 g/mol. The maximum absolute atomic E-state index is 12.1. The maximum Gasteiger partial charge on any atom is 0.331 e. The van der Waals surface area contributed by atoms with Crippen molar-refractivity contribution >= 4 is 12.0 Å². The van der Waals surface area contributed by atoms with Crippen molar-refractivity contribution < 1.29 is 19.4 Å². The van der Waals surface area contributed by atoms with Gasteiger partial charge >= 0.3 is 12.0 Å². The summed E-state index contributed by atoms with van der Waals surface area (Å²) in [5, 5.41) is 24.4. The van der Waals surface area contributed by atoms with Gasteiger partial charge in [0.1, 0.15) is 0 Å². The van der Waals surface area contributed by atoms with E-state index in [1.165, 1.54) is 22.0 Å². The van der Waals surface area contributed by atoms with Crippen LogP contribution in [-0.4, -0.2) is 57.6 Å². The van der Waals surface area contributed by atoms with Gasteiger partial charge in [-0.15, -0.1) is 0 Å². The minimum Gasteiger partial charge on any atom is -0.479 e. The van der Waals surface area contributed by atoms with Crippen LogP contribution in [0.2, 0.25) is 0 Å². The van der Waals surface area contributed by atoms with Gasteiger partial charge in [-0.25, -0.2) is 9.59 Å². The van der Waals surface area contributed by atoms with E-state index in [0.717, 1.165) is 0 Å². The summed E-state index contributed by atoms with van der Waals surface area (Å²) in [7, 11) is 1.66. The molecule has 1 aliphatic heterocycles. The molecule has 1 saturated heterocycles. The molecule has 21 heavy (non-hydrogen) atoms. The van der Waals surface area contributed by atoms with E-state index in [-0.39, 0.29) is 13.2 Å². The average Bonchev–Trinajstić information content (AvgIpc) is 2.90. The summed E-state index contributed by atoms with van der Waals surface area (Å²) < 4.78 is 6.59. The number of carbonyl (C=O) groups excluding carboxylic acids is 1. The maximum atomic E-state index is 12.1. The van der Waals surface area contributed by atoms with E-state index >= 15 is 0 Å². The first-order valence-electron chi connectivity index (χ1n) is 6.29. The number of hydrogen-bond acceptors (Lipinski definition) is 5. The highest BCUT2D eigenvalue weighted by atomic mass is 16.5. The van der Waals surface area contributed by atoms with Crippen molar-refractivity contribution in [1.82, 2.24) is 20.0 Å². The smallest absolute Gasteiger partial charge is 0.331 e. The summed E-state index contributed by atoms with van der Waals surface area (Å²) in [5.74, 6) is -1.18. The fourth-order valence-electron chi connectivity index (χ4n) is 2.00. The molecular formula is C12H15N5O4. The predicted octanol–water partition coefficient (Wildman–Crippen LogP) is -0.520. The van der Waals surface area contributed by atoms with Gasteiger partial charge in [0.2, 0.25) is 0 Å². The fourth-order valence-corrected chi connectivity index (χ4v) is 2.00. The number of aryl methyl sites for hydroxylation is 1. The van der Waals surface area contributed by atoms with Crippen molar-refractivity contribution in [2.24, 2.45) is 7.05 Å². The Hall–Kier alpha value is -2.60. The second kappa shape index (κ2) is 6.23. The second-order valence-corrected chi connectivity index (χ2v) is 4.60. The van der Waals surface area contributed by atoms with Crippen molar-refractivity contribution in [3.05, 3.63) is 18.0 Å². The Balaban J connectivity index is 2.05. The number of carboxylic acid groups (broad SMARTS) is 1. The average molecular weight is 293 g/mol. The Morgan fingerprint density at radius 3 is 3.00 bits per heavy atom. The Morgan fingerprint density at radius 1 is 1.67 bits per heavy atom. The summed E-state index contributed by atoms with van der Waals surface area (Å²) in [4.78, 5) is 24.8. The molecule has 9 heteroatoms. The van der Waals surface area contributed by atoms with Gasteiger partial charge in [0, 0.05) is 25.4 Å². The molecule has 0 aromatic carbocycles. The van der Waals surface area contributed by atoms with E-state index in [1.807, 2.05) is 6.07 Å². The largest absolute Gasteiger partial charge is 0.479 e. The number of ether oxygens (including phenoxy) is 1. The van der Waals surface area contributed by atoms with Crippen LogP contribution in [0.25, 0.3) is 0 Å². The van der Waals surface area contributed by atoms with Crippen LogP contribution in [-0.2, 0) is 16.6 Å². The number of amides is 2. The van der Waals surface area contributed by atoms with Crippen molar-refractivity contribution in [3.8, 4) is 6.07 Å². The van der Waals surface area contributed by atoms with Gasteiger partial charge in [-0.1, -0.05) is 0 Å². The van der Waals surface area contributed by atoms with E-state index in [2.05, 4.69) is 10.4 Å². The molecule has 0 aliphatic carbocycles. The van der Waals surface area contributed by atoms with Crippen LogP contribution in [0.5, 0.6) is 0 Å². The molecule has 0 radical (unpaired) electrons. The first-order chi connectivity index (χ1) is 10.0. The number of hydrogen-bond donors (Lipinski definition) is 2. The number of nitrogens with one attached hydrogen (secondary N) is 1. The SMILES string of the molecule is Cn1cc(C(NC(=O)N2CCOC(C#N)C2)C(=O)O)cn1. The Labute approximate surface area is 120 Å². The highest BCUT2D eigenvalue weighted by Gasteiger charge is 2.29. The molecule has 1 aromatic heterocycles. The number of nitrogens with zero attached hydrogens (tertiary/aromatic N) is 4. The molecule has 2 heterocycles. The Morgan fingerprint density at radius 2 is 2.43 bits per heavy atom. The van der Waals surface area contributed by atoms with Gasteiger partial charge in [-0.2, -0.15) is 10.4 Å². The summed E-state index contributed by atoms with van der Waals surface area (Å²) in [6, 6.07) is 0.194. The van der Waals surface area contributed by atoms with Crippen molar-refractivity contribution in [2.75, 3.05) is 19.7 Å². The third kappa shape index (κ3) is 3.49. The summed E-state index contributed by atoms with van der Waals surface area (Å²) in [6.07, 6.45) is 2.22. The quantitative estimate of drug-likeness (QED) is 0.773. The summed E-state index contributed by atoms with van der Waals surface area (Å²) in [6.45, 7) is 0.668. The molecule has 2 amide bonds. The molecule has 2 atom stereocenters. The van der Waals surface area contributed by atoms with E-state index in [9.17, 15) is 14.7 Å². The molecule has 2 unspecified atom stereocenters. The fraction of sp³-hybridized carbons (Fsp3) is 0.500. The van der Waals surface area contributed by atoms with E-state index in [0.29, 0.717) is 12.1 Å². The number of carbonyl (C=O) groups is 2. The van der Waals surface area contributed by atoms with Gasteiger partial charge in [0.15, 0.2) is 12.1 Å². The van der Waals surface area contributed by atoms with Gasteiger partial charge in [0.05, 0.1) is 25.4 Å². The number of nitriles is 1. The molecule has 2 rings (SSSR count). The minimum absolute atomic E-state index is 0.113. The first-order valence-corrected chi connectivity index (χ1v) is 6.29. The highest BCUT2D eigenvalue weighted by Crippen LogP contribution is 2.13. The first kappa shape index (κ1) is 14.8. The lowest BCUT2D eigenvalue weighted by atomic mass is 10.1. The lowest BCUT2D eigenvalue weighted by molar-refractivity contribution is -0.139. The van der Waals surface area contributed by atoms with Crippen molar-refractivity contribution in [1.29, 1.82) is 5.26 Å². The zero-order chi connectivity index (χ0) is 15.4. The number of rotatable bonds is 3. The van der Waals surface area contributed by atoms with Crippen LogP contribution in [0.1, 0.15) is 11.6 Å². The van der Waals surface area contributed by atoms with Crippen molar-refractivity contribution in [2.45, 2.75) is 12.1 Å². The second-order valence-electron chi connectivity index (χ2n) is 4.60. The zero-order valence-electron chi connectivity index (χ0n) is 11.4. The molecule has 1 aliphatic rings. The zero-order valence-corrected chi connectivity index (χ0v) is 11.4. The minimum atomic E-state index is -1.19. The highest BCUT2D eigenvalue weighted by molar-refractivity contribution is 5.83. The Bertz CT molecular complexity index is 578.